The second kappa shape index (κ2) is 3.33. The molecule has 1 aliphatic carbocycles. The maximum atomic E-state index is 12.2. The van der Waals surface area contributed by atoms with Crippen molar-refractivity contribution in [2.24, 2.45) is 17.3 Å². The maximum absolute atomic E-state index is 12.2. The third-order valence-corrected chi connectivity index (χ3v) is 4.98. The predicted octanol–water partition coefficient (Wildman–Crippen LogP) is 0.167. The highest BCUT2D eigenvalue weighted by Crippen LogP contribution is 2.63. The monoisotopic (exact) mass is 253 g/mol. The SMILES string of the molecule is CC1OCCC1(O)CN1C(=O)C2C(C1=O)C2(C)C. The van der Waals surface area contributed by atoms with Gasteiger partial charge < -0.3 is 9.84 Å². The average Bonchev–Trinajstić information content (AvgIpc) is 2.54. The van der Waals surface area contributed by atoms with Crippen molar-refractivity contribution in [1.29, 1.82) is 0 Å². The Balaban J connectivity index is 1.77. The Labute approximate surface area is 106 Å². The minimum Gasteiger partial charge on any atom is -0.385 e. The lowest BCUT2D eigenvalue weighted by molar-refractivity contribution is -0.148. The molecule has 0 aromatic carbocycles. The molecule has 0 spiro atoms. The second-order valence-corrected chi connectivity index (χ2v) is 6.41. The van der Waals surface area contributed by atoms with Gasteiger partial charge in [-0.1, -0.05) is 13.8 Å². The number of likely N-dealkylation sites (tertiary alicyclic amines) is 1. The summed E-state index contributed by atoms with van der Waals surface area (Å²) in [6.45, 7) is 6.24. The molecule has 100 valence electrons. The van der Waals surface area contributed by atoms with E-state index >= 15 is 0 Å². The van der Waals surface area contributed by atoms with Crippen LogP contribution < -0.4 is 0 Å². The van der Waals surface area contributed by atoms with Gasteiger partial charge in [-0.2, -0.15) is 0 Å². The van der Waals surface area contributed by atoms with E-state index in [0.717, 1.165) is 0 Å². The van der Waals surface area contributed by atoms with Crippen molar-refractivity contribution in [2.75, 3.05) is 13.2 Å². The van der Waals surface area contributed by atoms with Crippen molar-refractivity contribution >= 4 is 11.8 Å². The number of hydrogen-bond donors (Lipinski definition) is 1. The van der Waals surface area contributed by atoms with Gasteiger partial charge in [-0.05, 0) is 12.3 Å². The zero-order valence-electron chi connectivity index (χ0n) is 11.0. The number of carbonyl (C=O) groups excluding carboxylic acids is 2. The molecule has 2 aliphatic heterocycles. The Hall–Kier alpha value is -0.940. The van der Waals surface area contributed by atoms with E-state index < -0.39 is 5.60 Å². The van der Waals surface area contributed by atoms with Crippen LogP contribution in [0.2, 0.25) is 0 Å². The molecule has 0 radical (unpaired) electrons. The van der Waals surface area contributed by atoms with E-state index in [2.05, 4.69) is 0 Å². The van der Waals surface area contributed by atoms with E-state index in [0.29, 0.717) is 13.0 Å². The zero-order valence-corrected chi connectivity index (χ0v) is 11.0. The van der Waals surface area contributed by atoms with Crippen LogP contribution in [-0.4, -0.2) is 46.7 Å². The molecule has 3 aliphatic rings. The summed E-state index contributed by atoms with van der Waals surface area (Å²) >= 11 is 0. The van der Waals surface area contributed by atoms with E-state index in [1.807, 2.05) is 13.8 Å². The number of hydrogen-bond acceptors (Lipinski definition) is 4. The molecule has 0 aromatic heterocycles. The fourth-order valence-electron chi connectivity index (χ4n) is 3.41. The van der Waals surface area contributed by atoms with Crippen molar-refractivity contribution in [3.8, 4) is 0 Å². The molecule has 0 bridgehead atoms. The quantitative estimate of drug-likeness (QED) is 0.712. The number of amides is 2. The minimum atomic E-state index is -1.08. The molecule has 2 saturated heterocycles. The highest BCUT2D eigenvalue weighted by molar-refractivity contribution is 6.10. The summed E-state index contributed by atoms with van der Waals surface area (Å²) in [5.41, 5.74) is -1.27. The molecule has 1 N–H and O–H groups in total. The highest BCUT2D eigenvalue weighted by Gasteiger charge is 2.72. The van der Waals surface area contributed by atoms with Gasteiger partial charge in [-0.15, -0.1) is 0 Å². The van der Waals surface area contributed by atoms with E-state index in [1.54, 1.807) is 6.92 Å². The van der Waals surface area contributed by atoms with Crippen LogP contribution in [0.15, 0.2) is 0 Å². The Morgan fingerprint density at radius 3 is 2.33 bits per heavy atom. The van der Waals surface area contributed by atoms with Gasteiger partial charge in [0.25, 0.3) is 0 Å². The molecule has 3 fully saturated rings. The first kappa shape index (κ1) is 12.1. The molecular formula is C13H19NO4. The Kier molecular flexibility index (Phi) is 2.24. The van der Waals surface area contributed by atoms with Crippen LogP contribution in [0.5, 0.6) is 0 Å². The number of imide groups is 1. The summed E-state index contributed by atoms with van der Waals surface area (Å²) < 4.78 is 5.33. The predicted molar refractivity (Wildman–Crippen MR) is 62.5 cm³/mol. The lowest BCUT2D eigenvalue weighted by atomic mass is 9.95. The smallest absolute Gasteiger partial charge is 0.233 e. The molecule has 2 amide bonds. The summed E-state index contributed by atoms with van der Waals surface area (Å²) in [6.07, 6.45) is 0.146. The van der Waals surface area contributed by atoms with Crippen LogP contribution in [0.3, 0.4) is 0 Å². The highest BCUT2D eigenvalue weighted by atomic mass is 16.5. The summed E-state index contributed by atoms with van der Waals surface area (Å²) in [5, 5.41) is 10.4. The first-order valence-corrected chi connectivity index (χ1v) is 6.48. The van der Waals surface area contributed by atoms with Crippen LogP contribution in [0.1, 0.15) is 27.2 Å². The molecule has 2 heterocycles. The molecule has 4 atom stereocenters. The molecule has 5 nitrogen and oxygen atoms in total. The minimum absolute atomic E-state index is 0.0783. The lowest BCUT2D eigenvalue weighted by Crippen LogP contribution is -2.51. The number of carbonyl (C=O) groups is 2. The summed E-state index contributed by atoms with van der Waals surface area (Å²) in [5.74, 6) is -0.595. The Bertz CT molecular complexity index is 409. The number of aliphatic hydroxyl groups is 1. The topological polar surface area (TPSA) is 66.8 Å². The van der Waals surface area contributed by atoms with Crippen LogP contribution in [0, 0.1) is 17.3 Å². The Morgan fingerprint density at radius 1 is 1.33 bits per heavy atom. The van der Waals surface area contributed by atoms with E-state index in [4.69, 9.17) is 4.74 Å². The largest absolute Gasteiger partial charge is 0.385 e. The van der Waals surface area contributed by atoms with Gasteiger partial charge in [0, 0.05) is 13.0 Å². The van der Waals surface area contributed by atoms with Gasteiger partial charge in [0.1, 0.15) is 5.60 Å². The fourth-order valence-corrected chi connectivity index (χ4v) is 3.41. The van der Waals surface area contributed by atoms with Gasteiger partial charge in [0.2, 0.25) is 11.8 Å². The standard InChI is InChI=1S/C13H19NO4/c1-7-13(17,4-5-18-7)6-14-10(15)8-9(11(14)16)12(8,2)3/h7-9,17H,4-6H2,1-3H3. The molecular weight excluding hydrogens is 234 g/mol. The summed E-state index contributed by atoms with van der Waals surface area (Å²) in [7, 11) is 0. The molecule has 0 aromatic rings. The summed E-state index contributed by atoms with van der Waals surface area (Å²) in [4.78, 5) is 25.6. The number of fused-ring (bicyclic) bond motifs is 1. The molecule has 1 saturated carbocycles. The number of piperidine rings is 1. The third-order valence-electron chi connectivity index (χ3n) is 4.98. The van der Waals surface area contributed by atoms with Gasteiger partial charge in [0.05, 0.1) is 24.5 Å². The second-order valence-electron chi connectivity index (χ2n) is 6.41. The van der Waals surface area contributed by atoms with Crippen molar-refractivity contribution in [3.63, 3.8) is 0 Å². The average molecular weight is 253 g/mol. The van der Waals surface area contributed by atoms with E-state index in [1.165, 1.54) is 4.90 Å². The van der Waals surface area contributed by atoms with Gasteiger partial charge >= 0.3 is 0 Å². The van der Waals surface area contributed by atoms with Crippen molar-refractivity contribution in [1.82, 2.24) is 4.90 Å². The van der Waals surface area contributed by atoms with Crippen LogP contribution in [0.25, 0.3) is 0 Å². The molecule has 3 rings (SSSR count). The first-order chi connectivity index (χ1) is 8.29. The number of β-amino-alcohol motifs (C(OH)–C–C–N with tert-alkyl or cyclic N) is 1. The third kappa shape index (κ3) is 1.34. The maximum Gasteiger partial charge on any atom is 0.233 e. The van der Waals surface area contributed by atoms with Crippen LogP contribution >= 0.6 is 0 Å². The van der Waals surface area contributed by atoms with E-state index in [-0.39, 0.29) is 41.7 Å². The number of rotatable bonds is 2. The molecule has 18 heavy (non-hydrogen) atoms. The van der Waals surface area contributed by atoms with Crippen molar-refractivity contribution in [3.05, 3.63) is 0 Å². The molecule has 4 unspecified atom stereocenters. The lowest BCUT2D eigenvalue weighted by Gasteiger charge is -2.31. The number of nitrogens with zero attached hydrogens (tertiary/aromatic N) is 1. The number of ether oxygens (including phenoxy) is 1. The first-order valence-electron chi connectivity index (χ1n) is 6.48. The van der Waals surface area contributed by atoms with Crippen molar-refractivity contribution in [2.45, 2.75) is 38.9 Å². The zero-order chi connectivity index (χ0) is 13.3. The Morgan fingerprint density at radius 2 is 1.89 bits per heavy atom. The van der Waals surface area contributed by atoms with Gasteiger partial charge in [-0.3, -0.25) is 14.5 Å². The normalized spacial score (nSPS) is 45.6. The van der Waals surface area contributed by atoms with Crippen LogP contribution in [0.4, 0.5) is 0 Å². The molecule has 5 heteroatoms. The van der Waals surface area contributed by atoms with Gasteiger partial charge in [-0.25, -0.2) is 0 Å². The summed E-state index contributed by atoms with van der Waals surface area (Å²) in [6, 6.07) is 0. The van der Waals surface area contributed by atoms with E-state index in [9.17, 15) is 14.7 Å². The van der Waals surface area contributed by atoms with Crippen LogP contribution in [-0.2, 0) is 14.3 Å². The van der Waals surface area contributed by atoms with Crippen molar-refractivity contribution < 1.29 is 19.4 Å². The fraction of sp³-hybridized carbons (Fsp3) is 0.846. The van der Waals surface area contributed by atoms with Gasteiger partial charge in [0.15, 0.2) is 0 Å².